The number of hydrogen-bond acceptors (Lipinski definition) is 4. The van der Waals surface area contributed by atoms with Gasteiger partial charge in [0.2, 0.25) is 0 Å². The van der Waals surface area contributed by atoms with Gasteiger partial charge in [-0.05, 0) is 56.7 Å². The van der Waals surface area contributed by atoms with Gasteiger partial charge in [0.05, 0.1) is 50.1 Å². The van der Waals surface area contributed by atoms with Crippen LogP contribution in [-0.4, -0.2) is 75.0 Å². The highest BCUT2D eigenvalue weighted by Crippen LogP contribution is 2.49. The van der Waals surface area contributed by atoms with Crippen LogP contribution >= 0.6 is 11.8 Å². The fraction of sp³-hybridized carbons (Fsp3) is 0.704. The normalized spacial score (nSPS) is 33.8. The number of hydrogen-bond donors (Lipinski definition) is 0. The van der Waals surface area contributed by atoms with Crippen LogP contribution in [0.5, 0.6) is 0 Å². The van der Waals surface area contributed by atoms with Crippen molar-refractivity contribution in [3.8, 4) is 0 Å². The summed E-state index contributed by atoms with van der Waals surface area (Å²) in [6.07, 6.45) is 10.9. The van der Waals surface area contributed by atoms with Gasteiger partial charge in [-0.3, -0.25) is 4.90 Å². The van der Waals surface area contributed by atoms with Gasteiger partial charge < -0.3 is 14.1 Å². The van der Waals surface area contributed by atoms with E-state index in [-0.39, 0.29) is 0 Å². The maximum absolute atomic E-state index is 5.53. The third-order valence-corrected chi connectivity index (χ3v) is 10.0. The van der Waals surface area contributed by atoms with E-state index in [0.29, 0.717) is 0 Å². The Balaban J connectivity index is 1.34. The highest BCUT2D eigenvalue weighted by atomic mass is 32.2. The Morgan fingerprint density at radius 3 is 2.72 bits per heavy atom. The van der Waals surface area contributed by atoms with Crippen molar-refractivity contribution >= 4 is 17.4 Å². The van der Waals surface area contributed by atoms with Crippen LogP contribution in [0.25, 0.3) is 0 Å². The summed E-state index contributed by atoms with van der Waals surface area (Å²) in [6, 6.07) is 10.6. The molecule has 0 spiro atoms. The number of thioether (sulfide) groups is 1. The smallest absolute Gasteiger partial charge is 0.0922 e. The summed E-state index contributed by atoms with van der Waals surface area (Å²) < 4.78 is 6.75. The van der Waals surface area contributed by atoms with E-state index in [1.54, 1.807) is 0 Å². The van der Waals surface area contributed by atoms with E-state index in [1.165, 1.54) is 65.2 Å². The molecule has 3 aliphatic heterocycles. The number of benzene rings is 1. The Morgan fingerprint density at radius 1 is 1.09 bits per heavy atom. The average molecular weight is 457 g/mol. The van der Waals surface area contributed by atoms with E-state index < -0.39 is 0 Å². The van der Waals surface area contributed by atoms with E-state index in [4.69, 9.17) is 4.74 Å². The van der Waals surface area contributed by atoms with Gasteiger partial charge in [0.25, 0.3) is 0 Å². The minimum atomic E-state index is 0.722. The van der Waals surface area contributed by atoms with Crippen LogP contribution in [0.3, 0.4) is 0 Å². The zero-order valence-electron chi connectivity index (χ0n) is 20.3. The van der Waals surface area contributed by atoms with Crippen molar-refractivity contribution in [3.63, 3.8) is 0 Å². The molecule has 0 N–H and O–H groups in total. The number of para-hydroxylation sites is 1. The second-order valence-corrected chi connectivity index (χ2v) is 12.0. The number of quaternary nitrogens is 1. The molecule has 4 nitrogen and oxygen atoms in total. The summed E-state index contributed by atoms with van der Waals surface area (Å²) in [7, 11) is 4.99. The molecule has 5 rings (SSSR count). The first kappa shape index (κ1) is 22.8. The van der Waals surface area contributed by atoms with Crippen LogP contribution in [0.15, 0.2) is 40.3 Å². The second-order valence-electron chi connectivity index (χ2n) is 10.9. The van der Waals surface area contributed by atoms with Gasteiger partial charge >= 0.3 is 0 Å². The van der Waals surface area contributed by atoms with E-state index >= 15 is 0 Å². The van der Waals surface area contributed by atoms with Gasteiger partial charge in [-0.1, -0.05) is 30.3 Å². The summed E-state index contributed by atoms with van der Waals surface area (Å²) in [4.78, 5) is 6.64. The summed E-state index contributed by atoms with van der Waals surface area (Å²) in [5, 5.41) is 1.50. The first-order valence-corrected chi connectivity index (χ1v) is 13.8. The zero-order chi connectivity index (χ0) is 22.1. The van der Waals surface area contributed by atoms with Crippen molar-refractivity contribution in [3.05, 3.63) is 35.4 Å². The lowest BCUT2D eigenvalue weighted by Gasteiger charge is -2.54. The number of likely N-dealkylation sites (tertiary alicyclic amines) is 1. The molecule has 1 saturated carbocycles. The molecule has 3 heterocycles. The molecule has 0 aromatic heterocycles. The Kier molecular flexibility index (Phi) is 6.90. The summed E-state index contributed by atoms with van der Waals surface area (Å²) in [5.41, 5.74) is 1.42. The molecular weight excluding hydrogens is 414 g/mol. The van der Waals surface area contributed by atoms with Crippen LogP contribution in [0.2, 0.25) is 0 Å². The van der Waals surface area contributed by atoms with E-state index in [2.05, 4.69) is 61.2 Å². The molecule has 2 saturated heterocycles. The lowest BCUT2D eigenvalue weighted by atomic mass is 9.69. The highest BCUT2D eigenvalue weighted by molar-refractivity contribution is 8.03. The lowest BCUT2D eigenvalue weighted by molar-refractivity contribution is -0.948. The van der Waals surface area contributed by atoms with Gasteiger partial charge in [0.15, 0.2) is 0 Å². The first-order valence-electron chi connectivity index (χ1n) is 12.9. The van der Waals surface area contributed by atoms with Gasteiger partial charge in [-0.2, -0.15) is 0 Å². The first-order chi connectivity index (χ1) is 15.5. The van der Waals surface area contributed by atoms with Crippen molar-refractivity contribution in [2.45, 2.75) is 62.4 Å². The largest absolute Gasteiger partial charge is 0.379 e. The lowest BCUT2D eigenvalue weighted by Crippen LogP contribution is -2.63. The van der Waals surface area contributed by atoms with Crippen LogP contribution in [-0.2, 0) is 4.74 Å². The van der Waals surface area contributed by atoms with Crippen molar-refractivity contribution < 1.29 is 9.22 Å². The molecule has 176 valence electrons. The monoisotopic (exact) mass is 456 g/mol. The molecule has 4 unspecified atom stereocenters. The van der Waals surface area contributed by atoms with Crippen molar-refractivity contribution in [2.75, 3.05) is 58.4 Å². The number of piperidine rings is 1. The van der Waals surface area contributed by atoms with E-state index in [9.17, 15) is 0 Å². The quantitative estimate of drug-likeness (QED) is 0.565. The molecule has 5 heteroatoms. The molecule has 32 heavy (non-hydrogen) atoms. The topological polar surface area (TPSA) is 15.7 Å². The fourth-order valence-electron chi connectivity index (χ4n) is 6.69. The van der Waals surface area contributed by atoms with Gasteiger partial charge in [-0.25, -0.2) is 0 Å². The third-order valence-electron chi connectivity index (χ3n) is 8.89. The number of morpholine rings is 1. The summed E-state index contributed by atoms with van der Waals surface area (Å²) in [5.74, 6) is 1.57. The van der Waals surface area contributed by atoms with Crippen LogP contribution < -0.4 is 4.90 Å². The maximum atomic E-state index is 5.53. The van der Waals surface area contributed by atoms with Crippen LogP contribution in [0.4, 0.5) is 5.69 Å². The van der Waals surface area contributed by atoms with Crippen molar-refractivity contribution in [1.82, 2.24) is 4.90 Å². The predicted molar refractivity (Wildman–Crippen MR) is 135 cm³/mol. The Morgan fingerprint density at radius 2 is 1.88 bits per heavy atom. The molecule has 0 amide bonds. The molecule has 4 atom stereocenters. The van der Waals surface area contributed by atoms with Gasteiger partial charge in [0.1, 0.15) is 0 Å². The number of allylic oxidation sites excluding steroid dienone is 1. The number of nitrogens with zero attached hydrogens (tertiary/aromatic N) is 3. The third kappa shape index (κ3) is 4.51. The SMILES string of the molecule is CC1CC(/C=C2\Sc3ccccc3N2CCCN2CCOCC2)C2CCCCC2[N+]1(C)C. The molecule has 1 aromatic carbocycles. The fourth-order valence-corrected chi connectivity index (χ4v) is 7.89. The number of rotatable bonds is 5. The van der Waals surface area contributed by atoms with E-state index in [0.717, 1.165) is 56.8 Å². The standard InChI is InChI=1S/C27H42N3OS/c1-21-19-22(23-9-4-6-11-25(23)30(21,2)3)20-27-29(24-10-5-7-12-26(24)32-27)14-8-13-28-15-17-31-18-16-28/h5,7,10,12,20-23,25H,4,6,8-9,11,13-19H2,1-3H3/q+1/b27-20-. The number of ether oxygens (including phenoxy) is 1. The highest BCUT2D eigenvalue weighted by Gasteiger charge is 2.48. The molecule has 4 aliphatic rings. The van der Waals surface area contributed by atoms with Crippen molar-refractivity contribution in [1.29, 1.82) is 0 Å². The molecule has 0 radical (unpaired) electrons. The molecule has 1 aliphatic carbocycles. The summed E-state index contributed by atoms with van der Waals surface area (Å²) >= 11 is 2.01. The minimum absolute atomic E-state index is 0.722. The Bertz CT molecular complexity index is 819. The van der Waals surface area contributed by atoms with Gasteiger partial charge in [0, 0.05) is 43.4 Å². The zero-order valence-corrected chi connectivity index (χ0v) is 21.2. The van der Waals surface area contributed by atoms with Crippen molar-refractivity contribution in [2.24, 2.45) is 11.8 Å². The maximum Gasteiger partial charge on any atom is 0.0922 e. The Labute approximate surface area is 199 Å². The minimum Gasteiger partial charge on any atom is -0.379 e. The van der Waals surface area contributed by atoms with Crippen LogP contribution in [0.1, 0.15) is 45.4 Å². The second kappa shape index (κ2) is 9.69. The van der Waals surface area contributed by atoms with Gasteiger partial charge in [-0.15, -0.1) is 0 Å². The summed E-state index contributed by atoms with van der Waals surface area (Å²) in [6.45, 7) is 8.75. The average Bonchev–Trinajstić information content (AvgIpc) is 3.15. The Hall–Kier alpha value is -1.01. The number of fused-ring (bicyclic) bond motifs is 2. The van der Waals surface area contributed by atoms with E-state index in [1.807, 2.05) is 11.8 Å². The molecular formula is C27H42N3OS+. The predicted octanol–water partition coefficient (Wildman–Crippen LogP) is 5.21. The van der Waals surface area contributed by atoms with Crippen LogP contribution in [0, 0.1) is 11.8 Å². The molecule has 0 bridgehead atoms. The molecule has 3 fully saturated rings. The molecule has 1 aromatic rings. The number of anilines is 1.